The van der Waals surface area contributed by atoms with E-state index >= 15 is 0 Å². The highest BCUT2D eigenvalue weighted by molar-refractivity contribution is 6.74. The molecule has 0 saturated heterocycles. The Morgan fingerprint density at radius 1 is 0.905 bits per heavy atom. The molecule has 0 spiro atoms. The van der Waals surface area contributed by atoms with E-state index in [1.54, 1.807) is 24.9 Å². The number of hydrogen-bond donors (Lipinski definition) is 0. The Kier molecular flexibility index (Phi) is 10.1. The van der Waals surface area contributed by atoms with Crippen molar-refractivity contribution in [3.63, 3.8) is 0 Å². The van der Waals surface area contributed by atoms with E-state index in [0.29, 0.717) is 37.2 Å². The number of rotatable bonds is 14. The first-order valence-corrected chi connectivity index (χ1v) is 17.5. The third kappa shape index (κ3) is 7.80. The van der Waals surface area contributed by atoms with E-state index in [0.717, 1.165) is 35.5 Å². The zero-order valence-corrected chi connectivity index (χ0v) is 27.3. The number of nitrogens with zero attached hydrogens (tertiary/aromatic N) is 5. The lowest BCUT2D eigenvalue weighted by Crippen LogP contribution is -2.43. The van der Waals surface area contributed by atoms with Crippen LogP contribution in [0, 0.1) is 0 Å². The van der Waals surface area contributed by atoms with Crippen LogP contribution in [0.3, 0.4) is 0 Å². The van der Waals surface area contributed by atoms with Gasteiger partial charge in [-0.2, -0.15) is 4.98 Å². The maximum absolute atomic E-state index is 6.54. The summed E-state index contributed by atoms with van der Waals surface area (Å²) >= 11 is 0. The van der Waals surface area contributed by atoms with Crippen LogP contribution in [-0.2, 0) is 17.5 Å². The summed E-state index contributed by atoms with van der Waals surface area (Å²) in [4.78, 5) is 11.8. The van der Waals surface area contributed by atoms with Gasteiger partial charge in [0, 0.05) is 25.5 Å². The number of aromatic nitrogens is 4. The number of anilines is 1. The molecule has 0 saturated carbocycles. The van der Waals surface area contributed by atoms with E-state index in [2.05, 4.69) is 80.0 Å². The zero-order valence-electron chi connectivity index (χ0n) is 26.3. The second-order valence-electron chi connectivity index (χ2n) is 12.1. The van der Waals surface area contributed by atoms with Gasteiger partial charge in [0.2, 0.25) is 0 Å². The Hall–Kier alpha value is -3.63. The third-order valence-corrected chi connectivity index (χ3v) is 12.4. The molecular formula is C32H45N5O4Si. The minimum absolute atomic E-state index is 0.118. The Bertz CT molecular complexity index is 1370. The second kappa shape index (κ2) is 13.6. The fourth-order valence-electron chi connectivity index (χ4n) is 4.33. The van der Waals surface area contributed by atoms with Gasteiger partial charge in [-0.1, -0.05) is 58.4 Å². The molecule has 0 fully saturated rings. The fourth-order valence-corrected chi connectivity index (χ4v) is 5.36. The Morgan fingerprint density at radius 2 is 1.48 bits per heavy atom. The van der Waals surface area contributed by atoms with Crippen molar-refractivity contribution in [3.05, 3.63) is 72.1 Å². The van der Waals surface area contributed by atoms with Gasteiger partial charge < -0.3 is 23.5 Å². The average Bonchev–Trinajstić information content (AvgIpc) is 3.44. The minimum atomic E-state index is -1.94. The summed E-state index contributed by atoms with van der Waals surface area (Å²) in [5.74, 6) is 2.32. The number of benzene rings is 2. The quantitative estimate of drug-likeness (QED) is 0.146. The van der Waals surface area contributed by atoms with Crippen LogP contribution in [0.2, 0.25) is 18.1 Å². The molecule has 4 rings (SSSR count). The SMILES string of the molecule is CCCC(CO[Si](C)(C)C(C)(C)C)Oc1nc(N(Cc2ccc(OC)cc2)Cc2ccc(OC)cc2)c2nccn2n1. The molecule has 9 nitrogen and oxygen atoms in total. The molecule has 1 atom stereocenters. The van der Waals surface area contributed by atoms with Gasteiger partial charge in [-0.25, -0.2) is 9.50 Å². The second-order valence-corrected chi connectivity index (χ2v) is 16.9. The van der Waals surface area contributed by atoms with Gasteiger partial charge >= 0.3 is 6.01 Å². The van der Waals surface area contributed by atoms with Crippen LogP contribution < -0.4 is 19.1 Å². The maximum atomic E-state index is 6.54. The Labute approximate surface area is 250 Å². The van der Waals surface area contributed by atoms with E-state index in [1.807, 2.05) is 30.5 Å². The molecule has 0 amide bonds. The lowest BCUT2D eigenvalue weighted by molar-refractivity contribution is 0.102. The zero-order chi connectivity index (χ0) is 30.3. The molecule has 42 heavy (non-hydrogen) atoms. The molecule has 2 heterocycles. The smallest absolute Gasteiger partial charge is 0.336 e. The first-order valence-electron chi connectivity index (χ1n) is 14.6. The highest BCUT2D eigenvalue weighted by Crippen LogP contribution is 2.37. The van der Waals surface area contributed by atoms with Crippen molar-refractivity contribution < 1.29 is 18.6 Å². The lowest BCUT2D eigenvalue weighted by atomic mass is 10.1. The van der Waals surface area contributed by atoms with Gasteiger partial charge in [0.15, 0.2) is 19.8 Å². The van der Waals surface area contributed by atoms with Crippen LogP contribution in [0.5, 0.6) is 17.5 Å². The van der Waals surface area contributed by atoms with Gasteiger partial charge in [-0.05, 0) is 59.9 Å². The summed E-state index contributed by atoms with van der Waals surface area (Å²) in [6, 6.07) is 16.5. The van der Waals surface area contributed by atoms with E-state index in [4.69, 9.17) is 23.6 Å². The number of imidazole rings is 1. The van der Waals surface area contributed by atoms with Crippen molar-refractivity contribution in [2.75, 3.05) is 25.7 Å². The fraction of sp³-hybridized carbons (Fsp3) is 0.469. The predicted octanol–water partition coefficient (Wildman–Crippen LogP) is 6.92. The molecule has 1 unspecified atom stereocenters. The number of ether oxygens (including phenoxy) is 3. The molecule has 0 aliphatic carbocycles. The summed E-state index contributed by atoms with van der Waals surface area (Å²) < 4.78 is 25.5. The van der Waals surface area contributed by atoms with Crippen molar-refractivity contribution in [2.45, 2.75) is 77.9 Å². The molecule has 2 aromatic carbocycles. The molecule has 0 aliphatic rings. The molecule has 226 valence electrons. The molecule has 10 heteroatoms. The van der Waals surface area contributed by atoms with Gasteiger partial charge in [0.1, 0.15) is 17.6 Å². The first-order chi connectivity index (χ1) is 20.0. The van der Waals surface area contributed by atoms with Crippen LogP contribution >= 0.6 is 0 Å². The van der Waals surface area contributed by atoms with E-state index in [1.165, 1.54) is 0 Å². The topological polar surface area (TPSA) is 83.2 Å². The van der Waals surface area contributed by atoms with Crippen molar-refractivity contribution in [2.24, 2.45) is 0 Å². The predicted molar refractivity (Wildman–Crippen MR) is 169 cm³/mol. The molecule has 0 bridgehead atoms. The Balaban J connectivity index is 1.67. The van der Waals surface area contributed by atoms with Crippen LogP contribution in [-0.4, -0.2) is 54.8 Å². The molecule has 0 aliphatic heterocycles. The van der Waals surface area contributed by atoms with E-state index in [-0.39, 0.29) is 11.1 Å². The van der Waals surface area contributed by atoms with Gasteiger partial charge in [0.25, 0.3) is 0 Å². The van der Waals surface area contributed by atoms with Crippen LogP contribution in [0.1, 0.15) is 51.7 Å². The summed E-state index contributed by atoms with van der Waals surface area (Å²) in [7, 11) is 1.41. The van der Waals surface area contributed by atoms with Gasteiger partial charge in [-0.15, -0.1) is 5.10 Å². The van der Waals surface area contributed by atoms with Crippen molar-refractivity contribution in [3.8, 4) is 17.5 Å². The third-order valence-electron chi connectivity index (χ3n) is 7.90. The minimum Gasteiger partial charge on any atom is -0.497 e. The maximum Gasteiger partial charge on any atom is 0.336 e. The van der Waals surface area contributed by atoms with Crippen molar-refractivity contribution >= 4 is 19.8 Å². The standard InChI is InChI=1S/C32H45N5O4Si/c1-9-10-28(23-40-42(7,8)32(2,3)4)41-31-34-30(29-33-19-20-37(29)35-31)36(21-24-11-15-26(38-5)16-12-24)22-25-13-17-27(39-6)18-14-25/h11-20,28H,9-10,21-23H2,1-8H3. The normalized spacial score (nSPS) is 12.8. The first kappa shape index (κ1) is 31.3. The lowest BCUT2D eigenvalue weighted by Gasteiger charge is -2.37. The highest BCUT2D eigenvalue weighted by atomic mass is 28.4. The number of hydrogen-bond acceptors (Lipinski definition) is 8. The van der Waals surface area contributed by atoms with E-state index < -0.39 is 8.32 Å². The monoisotopic (exact) mass is 591 g/mol. The Morgan fingerprint density at radius 3 is 1.98 bits per heavy atom. The van der Waals surface area contributed by atoms with Gasteiger partial charge in [-0.3, -0.25) is 0 Å². The van der Waals surface area contributed by atoms with Crippen molar-refractivity contribution in [1.82, 2.24) is 19.6 Å². The molecule has 0 radical (unpaired) electrons. The van der Waals surface area contributed by atoms with Crippen LogP contribution in [0.15, 0.2) is 60.9 Å². The number of methoxy groups -OCH3 is 2. The summed E-state index contributed by atoms with van der Waals surface area (Å²) in [5.41, 5.74) is 2.89. The number of fused-ring (bicyclic) bond motifs is 1. The molecule has 0 N–H and O–H groups in total. The summed E-state index contributed by atoms with van der Waals surface area (Å²) in [5, 5.41) is 4.79. The molecule has 4 aromatic rings. The van der Waals surface area contributed by atoms with Gasteiger partial charge in [0.05, 0.1) is 20.8 Å². The summed E-state index contributed by atoms with van der Waals surface area (Å²) in [6.07, 6.45) is 5.21. The molecular weight excluding hydrogens is 546 g/mol. The largest absolute Gasteiger partial charge is 0.497 e. The van der Waals surface area contributed by atoms with Crippen molar-refractivity contribution in [1.29, 1.82) is 0 Å². The average molecular weight is 592 g/mol. The highest BCUT2D eigenvalue weighted by Gasteiger charge is 2.37. The van der Waals surface area contributed by atoms with Crippen LogP contribution in [0.4, 0.5) is 5.82 Å². The molecule has 2 aromatic heterocycles. The van der Waals surface area contributed by atoms with E-state index in [9.17, 15) is 0 Å². The summed E-state index contributed by atoms with van der Waals surface area (Å²) in [6.45, 7) is 15.1. The van der Waals surface area contributed by atoms with Crippen LogP contribution in [0.25, 0.3) is 5.65 Å².